The predicted octanol–water partition coefficient (Wildman–Crippen LogP) is 2.64. The highest BCUT2D eigenvalue weighted by Crippen LogP contribution is 2.36. The van der Waals surface area contributed by atoms with Gasteiger partial charge in [0.2, 0.25) is 0 Å². The van der Waals surface area contributed by atoms with Crippen LogP contribution in [0.1, 0.15) is 52.9 Å². The molecule has 0 spiro atoms. The summed E-state index contributed by atoms with van der Waals surface area (Å²) in [5, 5.41) is 3.80. The van der Waals surface area contributed by atoms with Gasteiger partial charge in [-0.05, 0) is 58.0 Å². The molecule has 1 N–H and O–H groups in total. The molecule has 0 aromatic carbocycles. The lowest BCUT2D eigenvalue weighted by Crippen LogP contribution is -2.52. The van der Waals surface area contributed by atoms with Gasteiger partial charge in [0.15, 0.2) is 0 Å². The summed E-state index contributed by atoms with van der Waals surface area (Å²) in [5.74, 6) is 1.00. The van der Waals surface area contributed by atoms with Crippen LogP contribution in [0.5, 0.6) is 0 Å². The quantitative estimate of drug-likeness (QED) is 0.790. The molecular weight excluding hydrogens is 196 g/mol. The van der Waals surface area contributed by atoms with Crippen LogP contribution in [0.2, 0.25) is 0 Å². The van der Waals surface area contributed by atoms with Crippen LogP contribution in [0.25, 0.3) is 0 Å². The van der Waals surface area contributed by atoms with Crippen molar-refractivity contribution < 1.29 is 0 Å². The number of nitrogens with zero attached hydrogens (tertiary/aromatic N) is 1. The Kier molecular flexibility index (Phi) is 3.91. The van der Waals surface area contributed by atoms with Crippen molar-refractivity contribution in [3.8, 4) is 0 Å². The molecule has 2 nitrogen and oxygen atoms in total. The molecule has 1 saturated carbocycles. The Morgan fingerprint density at radius 1 is 1.31 bits per heavy atom. The van der Waals surface area contributed by atoms with Gasteiger partial charge < -0.3 is 5.32 Å². The Morgan fingerprint density at radius 3 is 2.56 bits per heavy atom. The monoisotopic (exact) mass is 224 g/mol. The first kappa shape index (κ1) is 12.4. The van der Waals surface area contributed by atoms with E-state index < -0.39 is 0 Å². The van der Waals surface area contributed by atoms with E-state index >= 15 is 0 Å². The first-order valence-corrected chi connectivity index (χ1v) is 7.20. The fourth-order valence-electron chi connectivity index (χ4n) is 3.11. The van der Waals surface area contributed by atoms with Gasteiger partial charge in [0.05, 0.1) is 0 Å². The van der Waals surface area contributed by atoms with Gasteiger partial charge >= 0.3 is 0 Å². The maximum absolute atomic E-state index is 3.80. The van der Waals surface area contributed by atoms with Gasteiger partial charge in [-0.2, -0.15) is 0 Å². The lowest BCUT2D eigenvalue weighted by atomic mass is 9.91. The van der Waals surface area contributed by atoms with Crippen molar-refractivity contribution in [2.45, 2.75) is 64.5 Å². The number of hydrogen-bond donors (Lipinski definition) is 1. The zero-order valence-electron chi connectivity index (χ0n) is 11.3. The Labute approximate surface area is 101 Å². The van der Waals surface area contributed by atoms with Gasteiger partial charge in [-0.25, -0.2) is 0 Å². The minimum Gasteiger partial charge on any atom is -0.310 e. The normalized spacial score (nSPS) is 28.7. The Morgan fingerprint density at radius 2 is 2.00 bits per heavy atom. The SMILES string of the molecule is CCC1(CC)CN(C(C)C2CC2)CCCN1. The zero-order chi connectivity index (χ0) is 11.6. The minimum atomic E-state index is 0.389. The smallest absolute Gasteiger partial charge is 0.0303 e. The molecule has 1 atom stereocenters. The molecule has 0 aromatic heterocycles. The van der Waals surface area contributed by atoms with Crippen LogP contribution in [0.3, 0.4) is 0 Å². The minimum absolute atomic E-state index is 0.389. The molecule has 0 amide bonds. The van der Waals surface area contributed by atoms with Crippen molar-refractivity contribution in [1.29, 1.82) is 0 Å². The molecule has 1 aliphatic heterocycles. The van der Waals surface area contributed by atoms with E-state index in [4.69, 9.17) is 0 Å². The first-order chi connectivity index (χ1) is 7.71. The van der Waals surface area contributed by atoms with Crippen molar-refractivity contribution >= 4 is 0 Å². The maximum Gasteiger partial charge on any atom is 0.0303 e. The summed E-state index contributed by atoms with van der Waals surface area (Å²) in [4.78, 5) is 2.75. The van der Waals surface area contributed by atoms with Crippen molar-refractivity contribution in [1.82, 2.24) is 10.2 Å². The third-order valence-electron chi connectivity index (χ3n) is 4.86. The molecule has 1 saturated heterocycles. The third kappa shape index (κ3) is 2.60. The highest BCUT2D eigenvalue weighted by Gasteiger charge is 2.37. The lowest BCUT2D eigenvalue weighted by molar-refractivity contribution is 0.144. The predicted molar refractivity (Wildman–Crippen MR) is 69.7 cm³/mol. The second kappa shape index (κ2) is 5.05. The van der Waals surface area contributed by atoms with Crippen LogP contribution < -0.4 is 5.32 Å². The van der Waals surface area contributed by atoms with E-state index in [0.29, 0.717) is 5.54 Å². The molecule has 0 aromatic rings. The van der Waals surface area contributed by atoms with Crippen LogP contribution in [0.4, 0.5) is 0 Å². The van der Waals surface area contributed by atoms with E-state index in [-0.39, 0.29) is 0 Å². The summed E-state index contributed by atoms with van der Waals surface area (Å²) in [6.45, 7) is 10.9. The Bertz CT molecular complexity index is 219. The largest absolute Gasteiger partial charge is 0.310 e. The van der Waals surface area contributed by atoms with Gasteiger partial charge in [0, 0.05) is 18.1 Å². The van der Waals surface area contributed by atoms with E-state index in [1.807, 2.05) is 0 Å². The molecule has 2 rings (SSSR count). The maximum atomic E-state index is 3.80. The number of rotatable bonds is 4. The molecule has 1 aliphatic carbocycles. The molecule has 1 heterocycles. The highest BCUT2D eigenvalue weighted by atomic mass is 15.2. The van der Waals surface area contributed by atoms with Gasteiger partial charge in [-0.3, -0.25) is 4.90 Å². The molecule has 16 heavy (non-hydrogen) atoms. The highest BCUT2D eigenvalue weighted by molar-refractivity contribution is 4.95. The summed E-state index contributed by atoms with van der Waals surface area (Å²) in [6, 6.07) is 0.817. The Hall–Kier alpha value is -0.0800. The average Bonchev–Trinajstić information content (AvgIpc) is 3.15. The zero-order valence-corrected chi connectivity index (χ0v) is 11.3. The van der Waals surface area contributed by atoms with Crippen molar-refractivity contribution in [2.24, 2.45) is 5.92 Å². The fraction of sp³-hybridized carbons (Fsp3) is 1.00. The van der Waals surface area contributed by atoms with Gasteiger partial charge in [0.25, 0.3) is 0 Å². The van der Waals surface area contributed by atoms with Crippen LogP contribution >= 0.6 is 0 Å². The lowest BCUT2D eigenvalue weighted by Gasteiger charge is -2.38. The topological polar surface area (TPSA) is 15.3 Å². The summed E-state index contributed by atoms with van der Waals surface area (Å²) in [6.07, 6.45) is 6.78. The first-order valence-electron chi connectivity index (χ1n) is 7.20. The number of hydrogen-bond acceptors (Lipinski definition) is 2. The van der Waals surface area contributed by atoms with E-state index in [2.05, 4.69) is 31.0 Å². The molecular formula is C14H28N2. The van der Waals surface area contributed by atoms with Crippen molar-refractivity contribution in [3.63, 3.8) is 0 Å². The molecule has 2 aliphatic rings. The Balaban J connectivity index is 2.01. The number of nitrogens with one attached hydrogen (secondary N) is 1. The summed E-state index contributed by atoms with van der Waals surface area (Å²) < 4.78 is 0. The molecule has 2 heteroatoms. The summed E-state index contributed by atoms with van der Waals surface area (Å²) in [7, 11) is 0. The van der Waals surface area contributed by atoms with E-state index in [1.54, 1.807) is 0 Å². The summed E-state index contributed by atoms with van der Waals surface area (Å²) in [5.41, 5.74) is 0.389. The van der Waals surface area contributed by atoms with Crippen LogP contribution in [-0.4, -0.2) is 36.1 Å². The van der Waals surface area contributed by atoms with Gasteiger partial charge in [-0.1, -0.05) is 13.8 Å². The second-order valence-electron chi connectivity index (χ2n) is 5.82. The van der Waals surface area contributed by atoms with Crippen LogP contribution in [0.15, 0.2) is 0 Å². The van der Waals surface area contributed by atoms with E-state index in [9.17, 15) is 0 Å². The molecule has 0 bridgehead atoms. The molecule has 0 radical (unpaired) electrons. The van der Waals surface area contributed by atoms with Crippen molar-refractivity contribution in [3.05, 3.63) is 0 Å². The molecule has 1 unspecified atom stereocenters. The van der Waals surface area contributed by atoms with Gasteiger partial charge in [0.1, 0.15) is 0 Å². The fourth-order valence-corrected chi connectivity index (χ4v) is 3.11. The van der Waals surface area contributed by atoms with E-state index in [0.717, 1.165) is 12.0 Å². The average molecular weight is 224 g/mol. The second-order valence-corrected chi connectivity index (χ2v) is 5.82. The van der Waals surface area contributed by atoms with E-state index in [1.165, 1.54) is 51.7 Å². The standard InChI is InChI=1S/C14H28N2/c1-4-14(5-2)11-16(10-6-9-15-14)12(3)13-7-8-13/h12-13,15H,4-11H2,1-3H3. The van der Waals surface area contributed by atoms with Gasteiger partial charge in [-0.15, -0.1) is 0 Å². The molecule has 94 valence electrons. The van der Waals surface area contributed by atoms with Crippen molar-refractivity contribution in [2.75, 3.05) is 19.6 Å². The third-order valence-corrected chi connectivity index (χ3v) is 4.86. The molecule has 2 fully saturated rings. The van der Waals surface area contributed by atoms with Crippen LogP contribution in [-0.2, 0) is 0 Å². The van der Waals surface area contributed by atoms with Crippen LogP contribution in [0, 0.1) is 5.92 Å². The summed E-state index contributed by atoms with van der Waals surface area (Å²) >= 11 is 0.